The smallest absolute Gasteiger partial charge is 0.267 e. The molecule has 0 radical (unpaired) electrons. The fraction of sp³-hybridized carbons (Fsp3) is 0.611. The Bertz CT molecular complexity index is 832. The molecule has 0 saturated carbocycles. The third kappa shape index (κ3) is 3.04. The van der Waals surface area contributed by atoms with Gasteiger partial charge in [-0.1, -0.05) is 0 Å². The molecule has 7 heteroatoms. The van der Waals surface area contributed by atoms with Crippen LogP contribution >= 0.6 is 11.8 Å². The maximum absolute atomic E-state index is 12.3. The number of thioether (sulfide) groups is 1. The van der Waals surface area contributed by atoms with E-state index in [9.17, 15) is 4.79 Å². The molecule has 0 spiro atoms. The number of hydrogen-bond donors (Lipinski definition) is 0. The van der Waals surface area contributed by atoms with Crippen LogP contribution in [0.15, 0.2) is 15.3 Å². The first-order chi connectivity index (χ1) is 12.2. The van der Waals surface area contributed by atoms with Crippen LogP contribution in [0.5, 0.6) is 0 Å². The standard InChI is InChI=1S/C18H22N4O2S/c23-18-6-13-11-25-5-4-14(13)20-22(18)9-12-7-21(8-12)10-17-19-15-2-1-3-16(15)24-17/h6,12H,1-5,7-11H2. The molecule has 0 aromatic carbocycles. The van der Waals surface area contributed by atoms with Gasteiger partial charge in [-0.3, -0.25) is 9.69 Å². The van der Waals surface area contributed by atoms with Crippen LogP contribution in [0.4, 0.5) is 0 Å². The van der Waals surface area contributed by atoms with Gasteiger partial charge in [-0.25, -0.2) is 9.67 Å². The van der Waals surface area contributed by atoms with Crippen LogP contribution in [0.1, 0.15) is 35.0 Å². The van der Waals surface area contributed by atoms with Crippen LogP contribution in [0.2, 0.25) is 0 Å². The van der Waals surface area contributed by atoms with Gasteiger partial charge in [0.05, 0.1) is 24.5 Å². The Morgan fingerprint density at radius 3 is 3.04 bits per heavy atom. The van der Waals surface area contributed by atoms with Gasteiger partial charge < -0.3 is 4.42 Å². The highest BCUT2D eigenvalue weighted by Crippen LogP contribution is 2.26. The summed E-state index contributed by atoms with van der Waals surface area (Å²) in [7, 11) is 0. The fourth-order valence-electron chi connectivity index (χ4n) is 4.05. The third-order valence-electron chi connectivity index (χ3n) is 5.37. The molecule has 5 rings (SSSR count). The lowest BCUT2D eigenvalue weighted by Gasteiger charge is -2.38. The number of rotatable bonds is 4. The molecule has 0 N–H and O–H groups in total. The van der Waals surface area contributed by atoms with E-state index in [4.69, 9.17) is 4.42 Å². The van der Waals surface area contributed by atoms with E-state index in [0.29, 0.717) is 5.92 Å². The second-order valence-corrected chi connectivity index (χ2v) is 8.44. The first-order valence-corrected chi connectivity index (χ1v) is 10.3. The zero-order valence-corrected chi connectivity index (χ0v) is 15.1. The number of aromatic nitrogens is 3. The molecular weight excluding hydrogens is 336 g/mol. The lowest BCUT2D eigenvalue weighted by atomic mass is 10.0. The second-order valence-electron chi connectivity index (χ2n) is 7.33. The van der Waals surface area contributed by atoms with E-state index in [1.165, 1.54) is 6.42 Å². The van der Waals surface area contributed by atoms with E-state index in [1.807, 2.05) is 11.8 Å². The summed E-state index contributed by atoms with van der Waals surface area (Å²) in [6.07, 6.45) is 4.25. The molecular formula is C18H22N4O2S. The summed E-state index contributed by atoms with van der Waals surface area (Å²) in [6, 6.07) is 1.79. The zero-order valence-electron chi connectivity index (χ0n) is 14.2. The maximum atomic E-state index is 12.3. The molecule has 4 heterocycles. The molecule has 3 aliphatic rings. The van der Waals surface area contributed by atoms with Crippen molar-refractivity contribution in [2.45, 2.75) is 44.5 Å². The second kappa shape index (κ2) is 6.29. The van der Waals surface area contributed by atoms with E-state index < -0.39 is 0 Å². The van der Waals surface area contributed by atoms with Gasteiger partial charge in [0.25, 0.3) is 5.56 Å². The van der Waals surface area contributed by atoms with Crippen molar-refractivity contribution in [3.8, 4) is 0 Å². The van der Waals surface area contributed by atoms with Crippen molar-refractivity contribution in [3.63, 3.8) is 0 Å². The van der Waals surface area contributed by atoms with Crippen LogP contribution in [0.3, 0.4) is 0 Å². The molecule has 2 aromatic heterocycles. The summed E-state index contributed by atoms with van der Waals surface area (Å²) in [4.78, 5) is 19.2. The van der Waals surface area contributed by atoms with Gasteiger partial charge in [-0.15, -0.1) is 0 Å². The molecule has 0 bridgehead atoms. The first kappa shape index (κ1) is 15.6. The molecule has 1 saturated heterocycles. The highest BCUT2D eigenvalue weighted by molar-refractivity contribution is 7.98. The third-order valence-corrected chi connectivity index (χ3v) is 6.38. The number of hydrogen-bond acceptors (Lipinski definition) is 6. The summed E-state index contributed by atoms with van der Waals surface area (Å²) in [5.41, 5.74) is 3.45. The quantitative estimate of drug-likeness (QED) is 0.828. The molecule has 1 aliphatic carbocycles. The van der Waals surface area contributed by atoms with Crippen molar-refractivity contribution in [2.75, 3.05) is 18.8 Å². The summed E-state index contributed by atoms with van der Waals surface area (Å²) < 4.78 is 7.52. The highest BCUT2D eigenvalue weighted by Gasteiger charge is 2.30. The molecule has 0 unspecified atom stereocenters. The van der Waals surface area contributed by atoms with Crippen molar-refractivity contribution >= 4 is 11.8 Å². The van der Waals surface area contributed by atoms with Crippen LogP contribution in [-0.4, -0.2) is 38.5 Å². The Morgan fingerprint density at radius 2 is 2.16 bits per heavy atom. The summed E-state index contributed by atoms with van der Waals surface area (Å²) in [6.45, 7) is 3.47. The summed E-state index contributed by atoms with van der Waals surface area (Å²) >= 11 is 1.88. The van der Waals surface area contributed by atoms with E-state index in [2.05, 4.69) is 15.0 Å². The molecule has 2 aliphatic heterocycles. The molecule has 6 nitrogen and oxygen atoms in total. The number of nitrogens with zero attached hydrogens (tertiary/aromatic N) is 4. The van der Waals surface area contributed by atoms with Gasteiger partial charge in [0.1, 0.15) is 5.76 Å². The Labute approximate surface area is 150 Å². The predicted molar refractivity (Wildman–Crippen MR) is 95.7 cm³/mol. The van der Waals surface area contributed by atoms with Crippen molar-refractivity contribution < 1.29 is 4.42 Å². The van der Waals surface area contributed by atoms with Crippen LogP contribution in [0.25, 0.3) is 0 Å². The van der Waals surface area contributed by atoms with Crippen LogP contribution in [-0.2, 0) is 38.1 Å². The zero-order chi connectivity index (χ0) is 16.8. The lowest BCUT2D eigenvalue weighted by Crippen LogP contribution is -2.49. The minimum absolute atomic E-state index is 0.0452. The van der Waals surface area contributed by atoms with Gasteiger partial charge in [-0.2, -0.15) is 16.9 Å². The van der Waals surface area contributed by atoms with E-state index in [0.717, 1.165) is 85.5 Å². The van der Waals surface area contributed by atoms with Gasteiger partial charge in [0.15, 0.2) is 0 Å². The lowest BCUT2D eigenvalue weighted by molar-refractivity contribution is 0.0674. The molecule has 0 atom stereocenters. The normalized spacial score (nSPS) is 20.3. The van der Waals surface area contributed by atoms with Gasteiger partial charge in [0, 0.05) is 43.7 Å². The SMILES string of the molecule is O=c1cc2c(nn1CC1CN(Cc3nc4c(o3)CCC4)C1)CCSC2. The van der Waals surface area contributed by atoms with E-state index in [-0.39, 0.29) is 5.56 Å². The number of fused-ring (bicyclic) bond motifs is 2. The first-order valence-electron chi connectivity index (χ1n) is 9.12. The van der Waals surface area contributed by atoms with Gasteiger partial charge >= 0.3 is 0 Å². The molecule has 1 fully saturated rings. The summed E-state index contributed by atoms with van der Waals surface area (Å²) in [5.74, 6) is 4.47. The number of oxazole rings is 1. The fourth-order valence-corrected chi connectivity index (χ4v) is 5.00. The topological polar surface area (TPSA) is 64.2 Å². The Kier molecular flexibility index (Phi) is 3.93. The average Bonchev–Trinajstić information content (AvgIpc) is 3.14. The largest absolute Gasteiger partial charge is 0.444 e. The summed E-state index contributed by atoms with van der Waals surface area (Å²) in [5, 5.41) is 4.62. The van der Waals surface area contributed by atoms with E-state index in [1.54, 1.807) is 10.7 Å². The minimum Gasteiger partial charge on any atom is -0.444 e. The predicted octanol–water partition coefficient (Wildman–Crippen LogP) is 1.64. The average molecular weight is 358 g/mol. The molecule has 0 amide bonds. The van der Waals surface area contributed by atoms with E-state index >= 15 is 0 Å². The number of aryl methyl sites for hydroxylation is 3. The van der Waals surface area contributed by atoms with Crippen molar-refractivity contribution in [3.05, 3.63) is 45.0 Å². The van der Waals surface area contributed by atoms with Crippen LogP contribution < -0.4 is 5.56 Å². The maximum Gasteiger partial charge on any atom is 0.267 e. The molecule has 132 valence electrons. The monoisotopic (exact) mass is 358 g/mol. The van der Waals surface area contributed by atoms with Gasteiger partial charge in [0.2, 0.25) is 5.89 Å². The van der Waals surface area contributed by atoms with Crippen molar-refractivity contribution in [1.82, 2.24) is 19.7 Å². The minimum atomic E-state index is 0.0452. The molecule has 2 aromatic rings. The van der Waals surface area contributed by atoms with Gasteiger partial charge in [-0.05, 0) is 24.2 Å². The number of likely N-dealkylation sites (tertiary alicyclic amines) is 1. The Balaban J connectivity index is 1.19. The van der Waals surface area contributed by atoms with Crippen LogP contribution in [0, 0.1) is 5.92 Å². The molecule has 25 heavy (non-hydrogen) atoms. The van der Waals surface area contributed by atoms with Crippen molar-refractivity contribution in [2.24, 2.45) is 5.92 Å². The van der Waals surface area contributed by atoms with Crippen molar-refractivity contribution in [1.29, 1.82) is 0 Å². The Morgan fingerprint density at radius 1 is 1.24 bits per heavy atom. The Hall–Kier alpha value is -1.60. The highest BCUT2D eigenvalue weighted by atomic mass is 32.2.